The van der Waals surface area contributed by atoms with Crippen molar-refractivity contribution in [3.8, 4) is 0 Å². The quantitative estimate of drug-likeness (QED) is 0.0990. The molecule has 0 bridgehead atoms. The number of pyridine rings is 1. The van der Waals surface area contributed by atoms with Gasteiger partial charge in [-0.1, -0.05) is 85.2 Å². The number of ether oxygens (including phenoxy) is 2. The van der Waals surface area contributed by atoms with Crippen LogP contribution in [0.3, 0.4) is 0 Å². The number of carbonyl (C=O) groups excluding carboxylic acids is 4. The van der Waals surface area contributed by atoms with Gasteiger partial charge in [0.1, 0.15) is 5.01 Å². The number of thiazole rings is 1. The third-order valence-corrected chi connectivity index (χ3v) is 13.7. The average Bonchev–Trinajstić information content (AvgIpc) is 3.96. The maximum Gasteiger partial charge on any atom is 0.226 e. The highest BCUT2D eigenvalue weighted by Gasteiger charge is 2.43. The zero-order valence-electron chi connectivity index (χ0n) is 38.5. The van der Waals surface area contributed by atoms with Gasteiger partial charge in [-0.15, -0.1) is 11.3 Å². The fourth-order valence-electron chi connectivity index (χ4n) is 9.27. The summed E-state index contributed by atoms with van der Waals surface area (Å²) in [6, 6.07) is 12.5. The minimum atomic E-state index is -0.602. The predicted molar refractivity (Wildman–Crippen MR) is 242 cm³/mol. The Labute approximate surface area is 369 Å². The van der Waals surface area contributed by atoms with Gasteiger partial charge in [0.05, 0.1) is 48.7 Å². The van der Waals surface area contributed by atoms with Crippen molar-refractivity contribution in [1.29, 1.82) is 0 Å². The standard InChI is InChI=1S/C48H72N6O6S/c1-12-33(6)44(53(9)48(58)37(31(2)3)28-40(55)43(32(4)5)52(8)30-36-20-22-49-23-21-36)41(59-10)29-42(56)54-25-16-19-39(54)45(60-11)34(7)46(57)51-38(47-50-24-26-61-47)27-35-17-14-13-15-18-35/h13-15,17-18,20-24,26,31-34,37-39,41,43-45H,12,16,19,25,27-30H2,1-11H3,(H,51,57)/t33-,34+,37-,38-,39-,41+,43-,44-,45+/m0/s1. The molecular formula is C48H72N6O6S. The summed E-state index contributed by atoms with van der Waals surface area (Å²) in [6.07, 6.45) is 7.12. The molecule has 1 aliphatic heterocycles. The maximum absolute atomic E-state index is 14.6. The van der Waals surface area contributed by atoms with Crippen molar-refractivity contribution in [2.45, 2.75) is 130 Å². The predicted octanol–water partition coefficient (Wildman–Crippen LogP) is 7.25. The number of hydrogen-bond acceptors (Lipinski definition) is 10. The number of aromatic nitrogens is 2. The number of nitrogens with one attached hydrogen (secondary N) is 1. The van der Waals surface area contributed by atoms with E-state index in [0.29, 0.717) is 25.9 Å². The number of nitrogens with zero attached hydrogens (tertiary/aromatic N) is 5. The van der Waals surface area contributed by atoms with E-state index in [0.717, 1.165) is 29.0 Å². The second-order valence-corrected chi connectivity index (χ2v) is 18.6. The van der Waals surface area contributed by atoms with Gasteiger partial charge in [0, 0.05) is 70.7 Å². The first-order valence-electron chi connectivity index (χ1n) is 22.1. The number of carbonyl (C=O) groups is 4. The molecule has 1 fully saturated rings. The van der Waals surface area contributed by atoms with Gasteiger partial charge in [-0.05, 0) is 67.3 Å². The van der Waals surface area contributed by atoms with Gasteiger partial charge in [0.25, 0.3) is 0 Å². The van der Waals surface area contributed by atoms with Crippen LogP contribution in [0.4, 0.5) is 0 Å². The fourth-order valence-corrected chi connectivity index (χ4v) is 9.96. The molecule has 3 aromatic rings. The smallest absolute Gasteiger partial charge is 0.226 e. The highest BCUT2D eigenvalue weighted by Crippen LogP contribution is 2.32. The maximum atomic E-state index is 14.6. The van der Waals surface area contributed by atoms with Crippen LogP contribution < -0.4 is 5.32 Å². The summed E-state index contributed by atoms with van der Waals surface area (Å²) in [5, 5.41) is 5.99. The van der Waals surface area contributed by atoms with Crippen molar-refractivity contribution in [1.82, 2.24) is 30.0 Å². The van der Waals surface area contributed by atoms with Crippen molar-refractivity contribution in [2.24, 2.45) is 29.6 Å². The molecule has 0 unspecified atom stereocenters. The lowest BCUT2D eigenvalue weighted by Crippen LogP contribution is -2.54. The normalized spacial score (nSPS) is 18.3. The Balaban J connectivity index is 1.48. The van der Waals surface area contributed by atoms with Gasteiger partial charge in [0.15, 0.2) is 5.78 Å². The van der Waals surface area contributed by atoms with Crippen LogP contribution in [0.2, 0.25) is 0 Å². The third kappa shape index (κ3) is 13.2. The van der Waals surface area contributed by atoms with E-state index >= 15 is 0 Å². The Bertz CT molecular complexity index is 1800. The number of likely N-dealkylation sites (N-methyl/N-ethyl adjacent to an activating group) is 2. The lowest BCUT2D eigenvalue weighted by molar-refractivity contribution is -0.149. The SMILES string of the molecule is CC[C@H](C)[C@@H]([C@@H](CC(=O)N1CCC[C@H]1[C@H](OC)[C@@H](C)C(=O)N[C@@H](Cc1ccccc1)c1nccs1)OC)N(C)C(=O)[C@@H](CC(=O)[C@H](C(C)C)N(C)Cc1ccncc1)C(C)C. The highest BCUT2D eigenvalue weighted by molar-refractivity contribution is 7.09. The second-order valence-electron chi connectivity index (χ2n) is 17.7. The summed E-state index contributed by atoms with van der Waals surface area (Å²) in [5.74, 6) is -1.50. The highest BCUT2D eigenvalue weighted by atomic mass is 32.1. The molecule has 0 aliphatic carbocycles. The van der Waals surface area contributed by atoms with Crippen molar-refractivity contribution in [3.63, 3.8) is 0 Å². The molecule has 3 heterocycles. The molecular weight excluding hydrogens is 789 g/mol. The molecule has 3 amide bonds. The van der Waals surface area contributed by atoms with Gasteiger partial charge in [0.2, 0.25) is 17.7 Å². The first-order valence-corrected chi connectivity index (χ1v) is 23.0. The van der Waals surface area contributed by atoms with Gasteiger partial charge in [-0.25, -0.2) is 4.98 Å². The molecule has 1 N–H and O–H groups in total. The molecule has 61 heavy (non-hydrogen) atoms. The zero-order chi connectivity index (χ0) is 44.8. The van der Waals surface area contributed by atoms with E-state index < -0.39 is 30.1 Å². The second kappa shape index (κ2) is 24.0. The average molecular weight is 861 g/mol. The Hall–Kier alpha value is -4.04. The Morgan fingerprint density at radius 3 is 2.16 bits per heavy atom. The minimum absolute atomic E-state index is 0.00314. The Morgan fingerprint density at radius 1 is 0.902 bits per heavy atom. The van der Waals surface area contributed by atoms with Crippen LogP contribution in [0.5, 0.6) is 0 Å². The molecule has 336 valence electrons. The number of amides is 3. The van der Waals surface area contributed by atoms with Crippen molar-refractivity contribution in [3.05, 3.63) is 82.6 Å². The number of methoxy groups -OCH3 is 2. The fraction of sp³-hybridized carbons (Fsp3) is 0.625. The van der Waals surface area contributed by atoms with Crippen molar-refractivity contribution in [2.75, 3.05) is 34.9 Å². The number of hydrogen-bond donors (Lipinski definition) is 1. The van der Waals surface area contributed by atoms with Gasteiger partial charge in [-0.2, -0.15) is 0 Å². The topological polar surface area (TPSA) is 134 Å². The summed E-state index contributed by atoms with van der Waals surface area (Å²) in [4.78, 5) is 71.5. The number of benzene rings is 1. The number of ketones is 1. The number of likely N-dealkylation sites (tertiary alicyclic amines) is 1. The Morgan fingerprint density at radius 2 is 1.59 bits per heavy atom. The van der Waals surface area contributed by atoms with E-state index in [4.69, 9.17) is 9.47 Å². The Kier molecular flexibility index (Phi) is 19.5. The lowest BCUT2D eigenvalue weighted by atomic mass is 9.83. The van der Waals surface area contributed by atoms with E-state index in [9.17, 15) is 19.2 Å². The first kappa shape index (κ1) is 49.6. The molecule has 13 heteroatoms. The lowest BCUT2D eigenvalue weighted by Gasteiger charge is -2.41. The zero-order valence-corrected chi connectivity index (χ0v) is 39.3. The van der Waals surface area contributed by atoms with Crippen LogP contribution in [-0.2, 0) is 41.6 Å². The number of Topliss-reactive ketones (excluding diaryl/α,β-unsaturated/α-hetero) is 1. The summed E-state index contributed by atoms with van der Waals surface area (Å²) in [7, 11) is 6.96. The van der Waals surface area contributed by atoms with Gasteiger partial charge in [-0.3, -0.25) is 29.1 Å². The van der Waals surface area contributed by atoms with Crippen LogP contribution in [-0.4, -0.2) is 113 Å². The third-order valence-electron chi connectivity index (χ3n) is 12.8. The molecule has 2 aromatic heterocycles. The summed E-state index contributed by atoms with van der Waals surface area (Å²) >= 11 is 1.51. The number of rotatable bonds is 24. The molecule has 0 spiro atoms. The monoisotopic (exact) mass is 861 g/mol. The summed E-state index contributed by atoms with van der Waals surface area (Å²) < 4.78 is 12.2. The van der Waals surface area contributed by atoms with Crippen molar-refractivity contribution < 1.29 is 28.7 Å². The summed E-state index contributed by atoms with van der Waals surface area (Å²) in [6.45, 7) is 15.2. The molecule has 12 nitrogen and oxygen atoms in total. The van der Waals surface area contributed by atoms with Gasteiger partial charge >= 0.3 is 0 Å². The molecule has 1 aromatic carbocycles. The molecule has 0 saturated carbocycles. The molecule has 4 rings (SSSR count). The van der Waals surface area contributed by atoms with Crippen LogP contribution in [0.15, 0.2) is 66.4 Å². The van der Waals surface area contributed by atoms with E-state index in [-0.39, 0.29) is 72.2 Å². The van der Waals surface area contributed by atoms with E-state index in [1.165, 1.54) is 11.3 Å². The van der Waals surface area contributed by atoms with Crippen molar-refractivity contribution >= 4 is 34.8 Å². The first-order chi connectivity index (χ1) is 29.1. The molecule has 9 atom stereocenters. The van der Waals surface area contributed by atoms with Crippen LogP contribution in [0, 0.1) is 29.6 Å². The summed E-state index contributed by atoms with van der Waals surface area (Å²) in [5.41, 5.74) is 2.16. The van der Waals surface area contributed by atoms with Crippen LogP contribution in [0.1, 0.15) is 103 Å². The van der Waals surface area contributed by atoms with E-state index in [1.54, 1.807) is 44.8 Å². The molecule has 1 aliphatic rings. The molecule has 1 saturated heterocycles. The van der Waals surface area contributed by atoms with Crippen LogP contribution >= 0.6 is 11.3 Å². The van der Waals surface area contributed by atoms with E-state index in [1.807, 2.05) is 94.4 Å². The molecule has 0 radical (unpaired) electrons. The van der Waals surface area contributed by atoms with Gasteiger partial charge < -0.3 is 24.6 Å². The van der Waals surface area contributed by atoms with E-state index in [2.05, 4.69) is 34.0 Å². The van der Waals surface area contributed by atoms with Crippen LogP contribution in [0.25, 0.3) is 0 Å². The minimum Gasteiger partial charge on any atom is -0.379 e. The largest absolute Gasteiger partial charge is 0.379 e.